The quantitative estimate of drug-likeness (QED) is 0.559. The molecule has 0 saturated heterocycles. The Morgan fingerprint density at radius 3 is 1.41 bits per heavy atom. The van der Waals surface area contributed by atoms with Crippen molar-refractivity contribution in [2.24, 2.45) is 0 Å². The molecule has 0 aliphatic heterocycles. The van der Waals surface area contributed by atoms with Crippen molar-refractivity contribution in [3.8, 4) is 11.5 Å². The molecule has 2 rings (SSSR count). The fraction of sp³-hybridized carbons (Fsp3) is 0. The maximum atomic E-state index is 11.5. The van der Waals surface area contributed by atoms with E-state index in [4.69, 9.17) is 9.05 Å². The van der Waals surface area contributed by atoms with E-state index in [1.807, 2.05) is 12.1 Å². The van der Waals surface area contributed by atoms with Crippen molar-refractivity contribution in [2.75, 3.05) is 0 Å². The van der Waals surface area contributed by atoms with E-state index < -0.39 is 8.60 Å². The van der Waals surface area contributed by atoms with Gasteiger partial charge in [0.1, 0.15) is 11.5 Å². The van der Waals surface area contributed by atoms with Crippen LogP contribution < -0.4 is 43.5 Å². The molecule has 0 bridgehead atoms. The fourth-order valence-corrected chi connectivity index (χ4v) is 1.78. The predicted molar refractivity (Wildman–Crippen MR) is 61.1 cm³/mol. The SMILES string of the molecule is [Na+].[O-]P(Oc1ccccc1)Oc1ccccc1. The Bertz CT molecular complexity index is 383. The average molecular weight is 256 g/mol. The van der Waals surface area contributed by atoms with E-state index in [1.165, 1.54) is 0 Å². The van der Waals surface area contributed by atoms with Crippen LogP contribution in [0.3, 0.4) is 0 Å². The van der Waals surface area contributed by atoms with Crippen molar-refractivity contribution in [2.45, 2.75) is 0 Å². The molecule has 0 aliphatic rings. The molecule has 17 heavy (non-hydrogen) atoms. The van der Waals surface area contributed by atoms with Gasteiger partial charge in [-0.1, -0.05) is 36.4 Å². The largest absolute Gasteiger partial charge is 1.00 e. The van der Waals surface area contributed by atoms with Gasteiger partial charge in [0.25, 0.3) is 0 Å². The summed E-state index contributed by atoms with van der Waals surface area (Å²) in [4.78, 5) is 11.5. The van der Waals surface area contributed by atoms with Crippen LogP contribution in [-0.2, 0) is 0 Å². The Morgan fingerprint density at radius 2 is 1.06 bits per heavy atom. The van der Waals surface area contributed by atoms with Gasteiger partial charge in [-0.15, -0.1) is 0 Å². The Morgan fingerprint density at radius 1 is 0.706 bits per heavy atom. The molecular weight excluding hydrogens is 246 g/mol. The van der Waals surface area contributed by atoms with Gasteiger partial charge in [0.05, 0.1) is 0 Å². The summed E-state index contributed by atoms with van der Waals surface area (Å²) in [5, 5.41) is 0. The number of para-hydroxylation sites is 2. The summed E-state index contributed by atoms with van der Waals surface area (Å²) < 4.78 is 10.2. The Hall–Kier alpha value is -0.570. The van der Waals surface area contributed by atoms with Crippen LogP contribution >= 0.6 is 8.60 Å². The zero-order valence-electron chi connectivity index (χ0n) is 9.45. The number of rotatable bonds is 4. The van der Waals surface area contributed by atoms with Gasteiger partial charge in [-0.25, -0.2) is 0 Å². The predicted octanol–water partition coefficient (Wildman–Crippen LogP) is -0.264. The molecule has 5 heteroatoms. The molecule has 0 spiro atoms. The molecule has 0 saturated carbocycles. The molecule has 0 radical (unpaired) electrons. The molecule has 0 fully saturated rings. The minimum Gasteiger partial charge on any atom is -0.765 e. The number of hydrogen-bond acceptors (Lipinski definition) is 3. The molecule has 0 amide bonds. The van der Waals surface area contributed by atoms with Crippen molar-refractivity contribution in [3.63, 3.8) is 0 Å². The van der Waals surface area contributed by atoms with E-state index in [0.717, 1.165) is 0 Å². The maximum absolute atomic E-state index is 11.5. The second-order valence-corrected chi connectivity index (χ2v) is 3.84. The summed E-state index contributed by atoms with van der Waals surface area (Å²) in [5.74, 6) is 1.05. The molecule has 2 aromatic carbocycles. The Labute approximate surface area is 124 Å². The number of hydrogen-bond donors (Lipinski definition) is 0. The van der Waals surface area contributed by atoms with Crippen LogP contribution in [-0.4, -0.2) is 0 Å². The smallest absolute Gasteiger partial charge is 0.765 e. The van der Waals surface area contributed by atoms with Crippen molar-refractivity contribution < 1.29 is 43.5 Å². The van der Waals surface area contributed by atoms with Crippen LogP contribution in [0.1, 0.15) is 0 Å². The Kier molecular flexibility index (Phi) is 6.56. The van der Waals surface area contributed by atoms with E-state index in [-0.39, 0.29) is 29.6 Å². The third kappa shape index (κ3) is 5.07. The first-order chi connectivity index (χ1) is 7.84. The molecular formula is C12H10NaO3P. The van der Waals surface area contributed by atoms with E-state index in [9.17, 15) is 4.89 Å². The molecule has 3 nitrogen and oxygen atoms in total. The van der Waals surface area contributed by atoms with Crippen LogP contribution in [0.15, 0.2) is 60.7 Å². The van der Waals surface area contributed by atoms with Crippen molar-refractivity contribution in [1.82, 2.24) is 0 Å². The van der Waals surface area contributed by atoms with E-state index >= 15 is 0 Å². The van der Waals surface area contributed by atoms with E-state index in [2.05, 4.69) is 0 Å². The molecule has 0 aliphatic carbocycles. The summed E-state index contributed by atoms with van der Waals surface area (Å²) in [6.45, 7) is 0. The first kappa shape index (κ1) is 14.5. The van der Waals surface area contributed by atoms with Crippen molar-refractivity contribution >= 4 is 8.60 Å². The van der Waals surface area contributed by atoms with Gasteiger partial charge in [0.15, 0.2) is 0 Å². The third-order valence-corrected chi connectivity index (χ3v) is 2.57. The molecule has 0 unspecified atom stereocenters. The van der Waals surface area contributed by atoms with Gasteiger partial charge in [-0.2, -0.15) is 0 Å². The summed E-state index contributed by atoms with van der Waals surface area (Å²) in [5.41, 5.74) is 0. The molecule has 0 heterocycles. The topological polar surface area (TPSA) is 41.5 Å². The second kappa shape index (κ2) is 7.70. The Balaban J connectivity index is 0.00000144. The number of benzene rings is 2. The van der Waals surface area contributed by atoms with E-state index in [1.54, 1.807) is 48.5 Å². The van der Waals surface area contributed by atoms with Gasteiger partial charge in [-0.05, 0) is 24.3 Å². The molecule has 0 aromatic heterocycles. The normalized spacial score (nSPS) is 9.53. The molecule has 0 atom stereocenters. The van der Waals surface area contributed by atoms with E-state index in [0.29, 0.717) is 11.5 Å². The van der Waals surface area contributed by atoms with Crippen molar-refractivity contribution in [1.29, 1.82) is 0 Å². The standard InChI is InChI=1S/C12H10O3P.Na/c13-16(14-11-7-3-1-4-8-11)15-12-9-5-2-6-10-12;/h1-10H;/q-1;+1. The molecule has 2 aromatic rings. The van der Waals surface area contributed by atoms with Gasteiger partial charge in [0.2, 0.25) is 8.60 Å². The van der Waals surface area contributed by atoms with Crippen molar-refractivity contribution in [3.05, 3.63) is 60.7 Å². The summed E-state index contributed by atoms with van der Waals surface area (Å²) >= 11 is 0. The fourth-order valence-electron chi connectivity index (χ4n) is 1.15. The first-order valence-electron chi connectivity index (χ1n) is 4.78. The summed E-state index contributed by atoms with van der Waals surface area (Å²) in [6, 6.07) is 17.8. The van der Waals surface area contributed by atoms with Gasteiger partial charge >= 0.3 is 29.6 Å². The maximum Gasteiger partial charge on any atom is 1.00 e. The van der Waals surface area contributed by atoms with Gasteiger partial charge in [0, 0.05) is 0 Å². The summed E-state index contributed by atoms with van der Waals surface area (Å²) in [6.07, 6.45) is 0. The van der Waals surface area contributed by atoms with Crippen LogP contribution in [0.5, 0.6) is 11.5 Å². The zero-order chi connectivity index (χ0) is 11.2. The van der Waals surface area contributed by atoms with Gasteiger partial charge < -0.3 is 13.9 Å². The third-order valence-electron chi connectivity index (χ3n) is 1.85. The van der Waals surface area contributed by atoms with Crippen LogP contribution in [0.4, 0.5) is 0 Å². The minimum absolute atomic E-state index is 0. The zero-order valence-corrected chi connectivity index (χ0v) is 12.3. The van der Waals surface area contributed by atoms with Gasteiger partial charge in [-0.3, -0.25) is 0 Å². The monoisotopic (exact) mass is 256 g/mol. The second-order valence-electron chi connectivity index (χ2n) is 3.03. The first-order valence-corrected chi connectivity index (χ1v) is 5.87. The average Bonchev–Trinajstić information content (AvgIpc) is 2.31. The van der Waals surface area contributed by atoms with Crippen LogP contribution in [0, 0.1) is 0 Å². The molecule has 82 valence electrons. The van der Waals surface area contributed by atoms with Crippen LogP contribution in [0.2, 0.25) is 0 Å². The molecule has 0 N–H and O–H groups in total. The minimum atomic E-state index is -2.18. The summed E-state index contributed by atoms with van der Waals surface area (Å²) in [7, 11) is -2.18. The van der Waals surface area contributed by atoms with Crippen LogP contribution in [0.25, 0.3) is 0 Å².